The topological polar surface area (TPSA) is 122 Å². The van der Waals surface area contributed by atoms with E-state index in [0.717, 1.165) is 13.8 Å². The Morgan fingerprint density at radius 1 is 1.00 bits per heavy atom. The second-order valence-corrected chi connectivity index (χ2v) is 5.37. The van der Waals surface area contributed by atoms with Crippen molar-refractivity contribution in [3.8, 4) is 0 Å². The van der Waals surface area contributed by atoms with Crippen molar-refractivity contribution < 1.29 is 38.1 Å². The third kappa shape index (κ3) is 6.04. The summed E-state index contributed by atoms with van der Waals surface area (Å²) in [4.78, 5) is 48.7. The molecule has 0 bridgehead atoms. The summed E-state index contributed by atoms with van der Waals surface area (Å²) in [5.74, 6) is -2.48. The highest BCUT2D eigenvalue weighted by Crippen LogP contribution is 2.27. The Morgan fingerprint density at radius 3 is 2.00 bits per heavy atom. The molecule has 1 aliphatic rings. The van der Waals surface area contributed by atoms with E-state index in [1.165, 1.54) is 13.8 Å². The van der Waals surface area contributed by atoms with Crippen molar-refractivity contribution in [3.63, 3.8) is 0 Å². The van der Waals surface area contributed by atoms with Gasteiger partial charge in [-0.1, -0.05) is 0 Å². The molecule has 10 nitrogen and oxygen atoms in total. The molecular formula is C15H20N2O8. The zero-order chi connectivity index (χ0) is 19.1. The van der Waals surface area contributed by atoms with Gasteiger partial charge in [0.2, 0.25) is 5.91 Å². The molecule has 0 spiro atoms. The molecular weight excluding hydrogens is 336 g/mol. The maximum atomic E-state index is 11.5. The minimum Gasteiger partial charge on any atom is -0.463 e. The van der Waals surface area contributed by atoms with E-state index in [-0.39, 0.29) is 6.61 Å². The molecule has 1 N–H and O–H groups in total. The number of carbonyl (C=O) groups excluding carboxylic acids is 4. The lowest BCUT2D eigenvalue weighted by molar-refractivity contribution is -0.217. The third-order valence-electron chi connectivity index (χ3n) is 3.22. The number of hydrogen-bond donors (Lipinski definition) is 1. The summed E-state index contributed by atoms with van der Waals surface area (Å²) in [5.41, 5.74) is 0. The van der Waals surface area contributed by atoms with Crippen LogP contribution in [0.15, 0.2) is 0 Å². The molecule has 5 atom stereocenters. The summed E-state index contributed by atoms with van der Waals surface area (Å²) >= 11 is 0. The molecule has 10 heteroatoms. The van der Waals surface area contributed by atoms with Gasteiger partial charge in [-0.05, 0) is 0 Å². The predicted molar refractivity (Wildman–Crippen MR) is 80.6 cm³/mol. The van der Waals surface area contributed by atoms with Crippen molar-refractivity contribution in [2.75, 3.05) is 6.61 Å². The molecule has 1 fully saturated rings. The standard InChI is InChI=1S/C15H20N2O8/c1-7(18)17-12-14(24-10(4)21)13(23-9(3)20)11(6-22-8(2)19)25-15(12)16-5/h11-15H,6H2,1-4H3,(H,17,18)/t11-,12-,13-,14-,15-/m1/s1. The Kier molecular flexibility index (Phi) is 7.32. The first kappa shape index (κ1) is 20.4. The largest absolute Gasteiger partial charge is 0.463 e. The molecule has 138 valence electrons. The predicted octanol–water partition coefficient (Wildman–Crippen LogP) is -0.438. The van der Waals surface area contributed by atoms with Gasteiger partial charge in [0.15, 0.2) is 18.2 Å². The van der Waals surface area contributed by atoms with Crippen LogP contribution < -0.4 is 5.32 Å². The molecule has 1 saturated heterocycles. The molecule has 25 heavy (non-hydrogen) atoms. The van der Waals surface area contributed by atoms with Gasteiger partial charge < -0.3 is 19.5 Å². The fourth-order valence-electron chi connectivity index (χ4n) is 2.42. The average Bonchev–Trinajstić information content (AvgIpc) is 2.48. The fraction of sp³-hybridized carbons (Fsp3) is 0.667. The minimum absolute atomic E-state index is 0.316. The maximum absolute atomic E-state index is 11.5. The van der Waals surface area contributed by atoms with Crippen molar-refractivity contribution in [2.45, 2.75) is 58.3 Å². The lowest BCUT2D eigenvalue weighted by Crippen LogP contribution is -2.65. The summed E-state index contributed by atoms with van der Waals surface area (Å²) in [7, 11) is 0. The van der Waals surface area contributed by atoms with Gasteiger partial charge >= 0.3 is 24.1 Å². The molecule has 1 amide bonds. The van der Waals surface area contributed by atoms with E-state index < -0.39 is 54.4 Å². The van der Waals surface area contributed by atoms with E-state index in [1.54, 1.807) is 0 Å². The number of carbonyl (C=O) groups is 4. The van der Waals surface area contributed by atoms with Crippen molar-refractivity contribution in [2.24, 2.45) is 0 Å². The lowest BCUT2D eigenvalue weighted by Gasteiger charge is -2.40. The van der Waals surface area contributed by atoms with Crippen molar-refractivity contribution in [3.05, 3.63) is 11.4 Å². The number of esters is 3. The first-order valence-electron chi connectivity index (χ1n) is 7.42. The van der Waals surface area contributed by atoms with Gasteiger partial charge in [0, 0.05) is 27.7 Å². The van der Waals surface area contributed by atoms with E-state index >= 15 is 0 Å². The van der Waals surface area contributed by atoms with Crippen LogP contribution in [0.2, 0.25) is 0 Å². The lowest BCUT2D eigenvalue weighted by atomic mass is 9.95. The zero-order valence-electron chi connectivity index (χ0n) is 14.3. The highest BCUT2D eigenvalue weighted by Gasteiger charge is 2.53. The van der Waals surface area contributed by atoms with Gasteiger partial charge in [0.25, 0.3) is 0 Å². The number of rotatable bonds is 5. The highest BCUT2D eigenvalue weighted by atomic mass is 16.6. The molecule has 0 aromatic rings. The summed E-state index contributed by atoms with van der Waals surface area (Å²) < 4.78 is 20.7. The normalized spacial score (nSPS) is 28.2. The number of hydrogen-bond acceptors (Lipinski definition) is 8. The molecule has 0 aromatic heterocycles. The van der Waals surface area contributed by atoms with E-state index in [0.29, 0.717) is 0 Å². The van der Waals surface area contributed by atoms with Crippen LogP contribution in [-0.2, 0) is 38.1 Å². The summed E-state index contributed by atoms with van der Waals surface area (Å²) in [6.45, 7) is 11.6. The molecule has 0 aromatic carbocycles. The quantitative estimate of drug-likeness (QED) is 0.400. The number of ether oxygens (including phenoxy) is 4. The summed E-state index contributed by atoms with van der Waals surface area (Å²) in [5, 5.41) is 2.47. The summed E-state index contributed by atoms with van der Waals surface area (Å²) in [6, 6.07) is -1.06. The number of nitrogens with zero attached hydrogens (tertiary/aromatic N) is 1. The minimum atomic E-state index is -1.22. The molecule has 0 unspecified atom stereocenters. The van der Waals surface area contributed by atoms with Gasteiger partial charge in [-0.3, -0.25) is 28.8 Å². The summed E-state index contributed by atoms with van der Waals surface area (Å²) in [6.07, 6.45) is -4.61. The zero-order valence-corrected chi connectivity index (χ0v) is 14.3. The molecule has 0 aliphatic carbocycles. The van der Waals surface area contributed by atoms with Crippen LogP contribution in [0.3, 0.4) is 0 Å². The number of nitrogens with one attached hydrogen (secondary N) is 1. The van der Waals surface area contributed by atoms with E-state index in [9.17, 15) is 19.2 Å². The second-order valence-electron chi connectivity index (χ2n) is 5.37. The third-order valence-corrected chi connectivity index (χ3v) is 3.22. The molecule has 0 radical (unpaired) electrons. The Bertz CT molecular complexity index is 585. The first-order chi connectivity index (χ1) is 11.6. The van der Waals surface area contributed by atoms with Crippen molar-refractivity contribution >= 4 is 23.8 Å². The Morgan fingerprint density at radius 2 is 1.56 bits per heavy atom. The second kappa shape index (κ2) is 8.98. The van der Waals surface area contributed by atoms with Crippen molar-refractivity contribution in [1.29, 1.82) is 0 Å². The van der Waals surface area contributed by atoms with Crippen LogP contribution in [0.25, 0.3) is 4.85 Å². The monoisotopic (exact) mass is 356 g/mol. The highest BCUT2D eigenvalue weighted by molar-refractivity contribution is 5.73. The first-order valence-corrected chi connectivity index (χ1v) is 7.42. The van der Waals surface area contributed by atoms with Crippen LogP contribution >= 0.6 is 0 Å². The Hall–Kier alpha value is -2.67. The van der Waals surface area contributed by atoms with Crippen LogP contribution in [0.4, 0.5) is 0 Å². The van der Waals surface area contributed by atoms with E-state index in [2.05, 4.69) is 10.2 Å². The van der Waals surface area contributed by atoms with Gasteiger partial charge in [-0.15, -0.1) is 0 Å². The maximum Gasteiger partial charge on any atom is 0.352 e. The molecule has 1 aliphatic heterocycles. The fourth-order valence-corrected chi connectivity index (χ4v) is 2.42. The van der Waals surface area contributed by atoms with Crippen LogP contribution in [0.5, 0.6) is 0 Å². The van der Waals surface area contributed by atoms with Gasteiger partial charge in [-0.25, -0.2) is 6.57 Å². The van der Waals surface area contributed by atoms with Gasteiger partial charge in [0.1, 0.15) is 12.7 Å². The van der Waals surface area contributed by atoms with Crippen molar-refractivity contribution in [1.82, 2.24) is 5.32 Å². The van der Waals surface area contributed by atoms with Gasteiger partial charge in [0.05, 0.1) is 0 Å². The van der Waals surface area contributed by atoms with Crippen LogP contribution in [0, 0.1) is 6.57 Å². The molecule has 1 heterocycles. The van der Waals surface area contributed by atoms with Crippen LogP contribution in [0.1, 0.15) is 27.7 Å². The van der Waals surface area contributed by atoms with E-state index in [1.807, 2.05) is 0 Å². The smallest absolute Gasteiger partial charge is 0.352 e. The molecule has 1 rings (SSSR count). The van der Waals surface area contributed by atoms with Gasteiger partial charge in [-0.2, -0.15) is 0 Å². The average molecular weight is 356 g/mol. The number of amides is 1. The van der Waals surface area contributed by atoms with Crippen LogP contribution in [-0.4, -0.2) is 61.0 Å². The Labute approximate surface area is 144 Å². The Balaban J connectivity index is 3.21. The molecule has 0 saturated carbocycles. The van der Waals surface area contributed by atoms with E-state index in [4.69, 9.17) is 25.5 Å². The SMILES string of the molecule is [C-]#[N+][C@@H]1O[C@H](COC(C)=O)[C@@H](OC(C)=O)[C@H](OC(C)=O)[C@H]1NC(C)=O.